The SMILES string of the molecule is COc1cc(CC(CN)CO)cc(Br)c1OC. The summed E-state index contributed by atoms with van der Waals surface area (Å²) in [5.41, 5.74) is 6.62. The van der Waals surface area contributed by atoms with E-state index in [4.69, 9.17) is 20.3 Å². The van der Waals surface area contributed by atoms with Crippen molar-refractivity contribution in [2.45, 2.75) is 6.42 Å². The number of hydrogen-bond donors (Lipinski definition) is 2. The van der Waals surface area contributed by atoms with E-state index in [0.717, 1.165) is 10.0 Å². The second kappa shape index (κ2) is 6.83. The maximum absolute atomic E-state index is 9.14. The zero-order valence-corrected chi connectivity index (χ0v) is 11.7. The molecule has 1 unspecified atom stereocenters. The number of methoxy groups -OCH3 is 2. The highest BCUT2D eigenvalue weighted by atomic mass is 79.9. The zero-order valence-electron chi connectivity index (χ0n) is 10.1. The molecule has 0 aromatic heterocycles. The molecule has 1 rings (SSSR count). The Hall–Kier alpha value is -0.780. The lowest BCUT2D eigenvalue weighted by Gasteiger charge is -2.15. The number of nitrogens with two attached hydrogens (primary N) is 1. The summed E-state index contributed by atoms with van der Waals surface area (Å²) >= 11 is 3.43. The van der Waals surface area contributed by atoms with Gasteiger partial charge in [0.25, 0.3) is 0 Å². The Morgan fingerprint density at radius 1 is 1.35 bits per heavy atom. The van der Waals surface area contributed by atoms with Crippen LogP contribution in [0.25, 0.3) is 0 Å². The summed E-state index contributed by atoms with van der Waals surface area (Å²) in [6, 6.07) is 3.86. The van der Waals surface area contributed by atoms with E-state index in [0.29, 0.717) is 24.5 Å². The predicted molar refractivity (Wildman–Crippen MR) is 70.6 cm³/mol. The van der Waals surface area contributed by atoms with Crippen molar-refractivity contribution in [1.29, 1.82) is 0 Å². The van der Waals surface area contributed by atoms with Gasteiger partial charge < -0.3 is 20.3 Å². The van der Waals surface area contributed by atoms with Crippen LogP contribution in [0.3, 0.4) is 0 Å². The van der Waals surface area contributed by atoms with Crippen molar-refractivity contribution in [3.8, 4) is 11.5 Å². The minimum Gasteiger partial charge on any atom is -0.493 e. The van der Waals surface area contributed by atoms with Crippen molar-refractivity contribution in [2.75, 3.05) is 27.4 Å². The number of ether oxygens (including phenoxy) is 2. The van der Waals surface area contributed by atoms with Gasteiger partial charge in [0, 0.05) is 6.61 Å². The summed E-state index contributed by atoms with van der Waals surface area (Å²) in [6.07, 6.45) is 0.714. The Bertz CT molecular complexity index is 367. The number of aliphatic hydroxyl groups excluding tert-OH is 1. The molecule has 0 saturated heterocycles. The minimum absolute atomic E-state index is 0.0694. The fourth-order valence-electron chi connectivity index (χ4n) is 1.64. The second-order valence-electron chi connectivity index (χ2n) is 3.80. The van der Waals surface area contributed by atoms with E-state index in [-0.39, 0.29) is 12.5 Å². The number of rotatable bonds is 6. The van der Waals surface area contributed by atoms with Gasteiger partial charge in [-0.1, -0.05) is 0 Å². The first kappa shape index (κ1) is 14.3. The summed E-state index contributed by atoms with van der Waals surface area (Å²) in [5, 5.41) is 9.14. The molecular weight excluding hydrogens is 286 g/mol. The highest BCUT2D eigenvalue weighted by molar-refractivity contribution is 9.10. The Balaban J connectivity index is 2.98. The van der Waals surface area contributed by atoms with Crippen molar-refractivity contribution in [1.82, 2.24) is 0 Å². The highest BCUT2D eigenvalue weighted by Gasteiger charge is 2.13. The van der Waals surface area contributed by atoms with Crippen LogP contribution in [0.1, 0.15) is 5.56 Å². The van der Waals surface area contributed by atoms with Gasteiger partial charge >= 0.3 is 0 Å². The van der Waals surface area contributed by atoms with Crippen LogP contribution in [0.5, 0.6) is 11.5 Å². The molecule has 0 heterocycles. The monoisotopic (exact) mass is 303 g/mol. The van der Waals surface area contributed by atoms with E-state index in [9.17, 15) is 0 Å². The molecule has 1 aromatic rings. The quantitative estimate of drug-likeness (QED) is 0.837. The van der Waals surface area contributed by atoms with Crippen LogP contribution in [0.2, 0.25) is 0 Å². The summed E-state index contributed by atoms with van der Waals surface area (Å²) in [4.78, 5) is 0. The molecule has 0 saturated carbocycles. The lowest BCUT2D eigenvalue weighted by atomic mass is 10.00. The summed E-state index contributed by atoms with van der Waals surface area (Å²) in [5.74, 6) is 1.41. The van der Waals surface area contributed by atoms with Gasteiger partial charge in [0.1, 0.15) is 0 Å². The average molecular weight is 304 g/mol. The van der Waals surface area contributed by atoms with E-state index < -0.39 is 0 Å². The summed E-state index contributed by atoms with van der Waals surface area (Å²) in [6.45, 7) is 0.547. The van der Waals surface area contributed by atoms with Crippen LogP contribution in [-0.4, -0.2) is 32.5 Å². The Kier molecular flexibility index (Phi) is 5.74. The molecule has 0 bridgehead atoms. The van der Waals surface area contributed by atoms with Crippen molar-refractivity contribution in [3.05, 3.63) is 22.2 Å². The van der Waals surface area contributed by atoms with Gasteiger partial charge in [-0.3, -0.25) is 0 Å². The molecule has 17 heavy (non-hydrogen) atoms. The van der Waals surface area contributed by atoms with Gasteiger partial charge in [-0.15, -0.1) is 0 Å². The maximum Gasteiger partial charge on any atom is 0.174 e. The topological polar surface area (TPSA) is 64.7 Å². The maximum atomic E-state index is 9.14. The molecule has 0 aliphatic rings. The van der Waals surface area contributed by atoms with Crippen LogP contribution in [-0.2, 0) is 6.42 Å². The van der Waals surface area contributed by atoms with Gasteiger partial charge in [0.15, 0.2) is 11.5 Å². The van der Waals surface area contributed by atoms with E-state index in [2.05, 4.69) is 15.9 Å². The molecule has 5 heteroatoms. The number of halogens is 1. The van der Waals surface area contributed by atoms with E-state index >= 15 is 0 Å². The molecule has 0 fully saturated rings. The Morgan fingerprint density at radius 2 is 2.06 bits per heavy atom. The molecule has 0 amide bonds. The van der Waals surface area contributed by atoms with Crippen LogP contribution in [0, 0.1) is 5.92 Å². The first-order valence-electron chi connectivity index (χ1n) is 5.37. The Morgan fingerprint density at radius 3 is 2.53 bits per heavy atom. The minimum atomic E-state index is 0.0694. The molecule has 96 valence electrons. The van der Waals surface area contributed by atoms with Crippen LogP contribution in [0.4, 0.5) is 0 Å². The Labute approximate surface area is 110 Å². The second-order valence-corrected chi connectivity index (χ2v) is 4.66. The highest BCUT2D eigenvalue weighted by Crippen LogP contribution is 2.36. The predicted octanol–water partition coefficient (Wildman–Crippen LogP) is 1.58. The van der Waals surface area contributed by atoms with Gasteiger partial charge in [-0.05, 0) is 52.5 Å². The van der Waals surface area contributed by atoms with E-state index in [1.165, 1.54) is 0 Å². The fourth-order valence-corrected chi connectivity index (χ4v) is 2.30. The summed E-state index contributed by atoms with van der Waals surface area (Å²) in [7, 11) is 3.19. The molecule has 0 aliphatic heterocycles. The smallest absolute Gasteiger partial charge is 0.174 e. The molecule has 1 atom stereocenters. The van der Waals surface area contributed by atoms with E-state index in [1.807, 2.05) is 12.1 Å². The van der Waals surface area contributed by atoms with Crippen molar-refractivity contribution >= 4 is 15.9 Å². The average Bonchev–Trinajstić information content (AvgIpc) is 2.35. The summed E-state index contributed by atoms with van der Waals surface area (Å²) < 4.78 is 11.3. The molecule has 1 aromatic carbocycles. The molecular formula is C12H18BrNO3. The van der Waals surface area contributed by atoms with Crippen molar-refractivity contribution < 1.29 is 14.6 Å². The van der Waals surface area contributed by atoms with E-state index in [1.54, 1.807) is 14.2 Å². The normalized spacial score (nSPS) is 12.3. The van der Waals surface area contributed by atoms with Crippen molar-refractivity contribution in [3.63, 3.8) is 0 Å². The number of aliphatic hydroxyl groups is 1. The van der Waals surface area contributed by atoms with Crippen molar-refractivity contribution in [2.24, 2.45) is 11.7 Å². The largest absolute Gasteiger partial charge is 0.493 e. The lowest BCUT2D eigenvalue weighted by Crippen LogP contribution is -2.20. The molecule has 0 radical (unpaired) electrons. The number of benzene rings is 1. The van der Waals surface area contributed by atoms with Crippen LogP contribution < -0.4 is 15.2 Å². The lowest BCUT2D eigenvalue weighted by molar-refractivity contribution is 0.229. The zero-order chi connectivity index (χ0) is 12.8. The third-order valence-corrected chi connectivity index (χ3v) is 3.20. The standard InChI is InChI=1S/C12H18BrNO3/c1-16-11-5-8(3-9(6-14)7-15)4-10(13)12(11)17-2/h4-5,9,15H,3,6-7,14H2,1-2H3. The van der Waals surface area contributed by atoms with Gasteiger partial charge in [0.05, 0.1) is 18.7 Å². The fraction of sp³-hybridized carbons (Fsp3) is 0.500. The van der Waals surface area contributed by atoms with Crippen LogP contribution in [0.15, 0.2) is 16.6 Å². The first-order chi connectivity index (χ1) is 8.15. The first-order valence-corrected chi connectivity index (χ1v) is 6.16. The molecule has 4 nitrogen and oxygen atoms in total. The van der Waals surface area contributed by atoms with Gasteiger partial charge in [-0.2, -0.15) is 0 Å². The third-order valence-electron chi connectivity index (χ3n) is 2.61. The number of hydrogen-bond acceptors (Lipinski definition) is 4. The third kappa shape index (κ3) is 3.59. The van der Waals surface area contributed by atoms with Gasteiger partial charge in [-0.25, -0.2) is 0 Å². The van der Waals surface area contributed by atoms with Gasteiger partial charge in [0.2, 0.25) is 0 Å². The molecule has 3 N–H and O–H groups in total. The molecule has 0 aliphatic carbocycles. The van der Waals surface area contributed by atoms with Crippen LogP contribution >= 0.6 is 15.9 Å². The molecule has 0 spiro atoms.